The highest BCUT2D eigenvalue weighted by molar-refractivity contribution is 7.90. The lowest BCUT2D eigenvalue weighted by Crippen LogP contribution is -2.17. The molecule has 0 unspecified atom stereocenters. The molecule has 5 nitrogen and oxygen atoms in total. The second-order valence-corrected chi connectivity index (χ2v) is 8.12. The molecule has 1 aromatic heterocycles. The van der Waals surface area contributed by atoms with Crippen LogP contribution in [0, 0.1) is 6.92 Å². The average Bonchev–Trinajstić information content (AvgIpc) is 3.25. The van der Waals surface area contributed by atoms with Crippen LogP contribution in [0.3, 0.4) is 0 Å². The maximum Gasteiger partial charge on any atom is 0.266 e. The summed E-state index contributed by atoms with van der Waals surface area (Å²) in [5.74, 6) is 0.350. The summed E-state index contributed by atoms with van der Waals surface area (Å²) in [6, 6.07) is 6.95. The summed E-state index contributed by atoms with van der Waals surface area (Å²) in [7, 11) is -0.149. The molecule has 0 aliphatic heterocycles. The van der Waals surface area contributed by atoms with Gasteiger partial charge in [0.25, 0.3) is 5.56 Å². The summed E-state index contributed by atoms with van der Waals surface area (Å²) in [5, 5.41) is 0. The Hall–Kier alpha value is -1.82. The number of aryl methyl sites for hydroxylation is 1. The molecule has 0 atom stereocenters. The van der Waals surface area contributed by atoms with E-state index in [1.165, 1.54) is 10.7 Å². The molecule has 0 bridgehead atoms. The largest absolute Gasteiger partial charge is 0.289 e. The third-order valence-corrected chi connectivity index (χ3v) is 5.92. The molecule has 1 aliphatic carbocycles. The zero-order valence-electron chi connectivity index (χ0n) is 13.0. The van der Waals surface area contributed by atoms with Crippen molar-refractivity contribution in [2.45, 2.75) is 36.3 Å². The van der Waals surface area contributed by atoms with E-state index in [4.69, 9.17) is 0 Å². The Morgan fingerprint density at radius 2 is 1.77 bits per heavy atom. The van der Waals surface area contributed by atoms with Crippen molar-refractivity contribution < 1.29 is 8.42 Å². The number of aromatic nitrogens is 2. The SMILES string of the molecule is Cc1cc(C2CC2)cc(S(=O)(=O)Cc2cc(=O)n(C)n2C)c1. The summed E-state index contributed by atoms with van der Waals surface area (Å²) in [4.78, 5) is 12.0. The quantitative estimate of drug-likeness (QED) is 0.864. The molecule has 0 radical (unpaired) electrons. The normalized spacial score (nSPS) is 15.2. The van der Waals surface area contributed by atoms with Crippen LogP contribution in [0.4, 0.5) is 0 Å². The fraction of sp³-hybridized carbons (Fsp3) is 0.438. The number of nitrogens with zero attached hydrogens (tertiary/aromatic N) is 2. The summed E-state index contributed by atoms with van der Waals surface area (Å²) in [5.41, 5.74) is 2.38. The van der Waals surface area contributed by atoms with Crippen LogP contribution in [-0.4, -0.2) is 17.8 Å². The van der Waals surface area contributed by atoms with Gasteiger partial charge in [0.05, 0.1) is 16.3 Å². The zero-order valence-corrected chi connectivity index (χ0v) is 13.9. The minimum atomic E-state index is -3.46. The zero-order chi connectivity index (χ0) is 16.1. The van der Waals surface area contributed by atoms with Crippen LogP contribution < -0.4 is 5.56 Å². The number of rotatable bonds is 4. The second-order valence-electron chi connectivity index (χ2n) is 6.13. The standard InChI is InChI=1S/C16H20N2O3S/c1-11-6-13(12-4-5-12)8-15(7-11)22(20,21)10-14-9-16(19)18(3)17(14)2/h6-9,12H,4-5,10H2,1-3H3. The first-order valence-electron chi connectivity index (χ1n) is 7.34. The predicted octanol–water partition coefficient (Wildman–Crippen LogP) is 1.88. The van der Waals surface area contributed by atoms with E-state index in [1.807, 2.05) is 6.92 Å². The molecule has 0 spiro atoms. The second kappa shape index (κ2) is 5.12. The summed E-state index contributed by atoms with van der Waals surface area (Å²) in [6.07, 6.45) is 2.27. The highest BCUT2D eigenvalue weighted by Crippen LogP contribution is 2.41. The van der Waals surface area contributed by atoms with Crippen LogP contribution in [0.5, 0.6) is 0 Å². The highest BCUT2D eigenvalue weighted by atomic mass is 32.2. The highest BCUT2D eigenvalue weighted by Gasteiger charge is 2.26. The van der Waals surface area contributed by atoms with Gasteiger partial charge in [-0.15, -0.1) is 0 Å². The molecular weight excluding hydrogens is 300 g/mol. The van der Waals surface area contributed by atoms with Crippen molar-refractivity contribution in [1.82, 2.24) is 9.36 Å². The molecule has 3 rings (SSSR count). The van der Waals surface area contributed by atoms with Crippen molar-refractivity contribution >= 4 is 9.84 Å². The van der Waals surface area contributed by atoms with Gasteiger partial charge in [0.1, 0.15) is 0 Å². The van der Waals surface area contributed by atoms with Gasteiger partial charge >= 0.3 is 0 Å². The van der Waals surface area contributed by atoms with E-state index in [0.29, 0.717) is 16.5 Å². The summed E-state index contributed by atoms with van der Waals surface area (Å²) in [6.45, 7) is 1.92. The van der Waals surface area contributed by atoms with Crippen LogP contribution in [-0.2, 0) is 29.7 Å². The van der Waals surface area contributed by atoms with Gasteiger partial charge in [0.15, 0.2) is 9.84 Å². The van der Waals surface area contributed by atoms with Crippen LogP contribution in [0.1, 0.15) is 35.6 Å². The Bertz CT molecular complexity index is 887. The average molecular weight is 320 g/mol. The molecule has 1 saturated carbocycles. The van der Waals surface area contributed by atoms with Crippen LogP contribution in [0.2, 0.25) is 0 Å². The predicted molar refractivity (Wildman–Crippen MR) is 84.7 cm³/mol. The van der Waals surface area contributed by atoms with Gasteiger partial charge in [-0.05, 0) is 48.9 Å². The molecule has 1 aromatic carbocycles. The molecule has 118 valence electrons. The third kappa shape index (κ3) is 2.75. The first-order valence-corrected chi connectivity index (χ1v) is 8.99. The van der Waals surface area contributed by atoms with Crippen molar-refractivity contribution in [3.63, 3.8) is 0 Å². The van der Waals surface area contributed by atoms with E-state index in [9.17, 15) is 13.2 Å². The van der Waals surface area contributed by atoms with Gasteiger partial charge < -0.3 is 0 Å². The lowest BCUT2D eigenvalue weighted by atomic mass is 10.1. The van der Waals surface area contributed by atoms with Crippen LogP contribution in [0.25, 0.3) is 0 Å². The van der Waals surface area contributed by atoms with E-state index in [2.05, 4.69) is 6.07 Å². The molecule has 6 heteroatoms. The minimum absolute atomic E-state index is 0.160. The monoisotopic (exact) mass is 320 g/mol. The van der Waals surface area contributed by atoms with E-state index in [0.717, 1.165) is 24.0 Å². The molecule has 2 aromatic rings. The van der Waals surface area contributed by atoms with Crippen molar-refractivity contribution in [2.75, 3.05) is 0 Å². The molecular formula is C16H20N2O3S. The van der Waals surface area contributed by atoms with Gasteiger partial charge in [-0.2, -0.15) is 0 Å². The van der Waals surface area contributed by atoms with Gasteiger partial charge in [-0.1, -0.05) is 6.07 Å². The Morgan fingerprint density at radius 3 is 2.32 bits per heavy atom. The summed E-state index contributed by atoms with van der Waals surface area (Å²) >= 11 is 0. The number of hydrogen-bond acceptors (Lipinski definition) is 3. The molecule has 1 aliphatic rings. The molecule has 1 heterocycles. The molecule has 0 saturated heterocycles. The number of sulfone groups is 1. The minimum Gasteiger partial charge on any atom is -0.289 e. The Labute approximate surface area is 130 Å². The maximum absolute atomic E-state index is 12.7. The first-order chi connectivity index (χ1) is 10.3. The Balaban J connectivity index is 1.99. The van der Waals surface area contributed by atoms with Crippen LogP contribution in [0.15, 0.2) is 34.0 Å². The van der Waals surface area contributed by atoms with Gasteiger partial charge in [0.2, 0.25) is 0 Å². The molecule has 1 fully saturated rings. The van der Waals surface area contributed by atoms with E-state index in [-0.39, 0.29) is 11.3 Å². The fourth-order valence-corrected chi connectivity index (χ4v) is 4.20. The fourth-order valence-electron chi connectivity index (χ4n) is 2.69. The Kier molecular flexibility index (Phi) is 3.51. The molecule has 0 amide bonds. The van der Waals surface area contributed by atoms with Crippen molar-refractivity contribution in [2.24, 2.45) is 14.1 Å². The number of hydrogen-bond donors (Lipinski definition) is 0. The van der Waals surface area contributed by atoms with Crippen molar-refractivity contribution in [3.8, 4) is 0 Å². The van der Waals surface area contributed by atoms with E-state index >= 15 is 0 Å². The van der Waals surface area contributed by atoms with E-state index in [1.54, 1.807) is 30.9 Å². The molecule has 0 N–H and O–H groups in total. The Morgan fingerprint density at radius 1 is 1.09 bits per heavy atom. The van der Waals surface area contributed by atoms with Gasteiger partial charge in [-0.3, -0.25) is 14.2 Å². The number of benzene rings is 1. The topological polar surface area (TPSA) is 61.1 Å². The smallest absolute Gasteiger partial charge is 0.266 e. The summed E-state index contributed by atoms with van der Waals surface area (Å²) < 4.78 is 28.4. The molecule has 22 heavy (non-hydrogen) atoms. The lowest BCUT2D eigenvalue weighted by molar-refractivity contribution is 0.557. The maximum atomic E-state index is 12.7. The third-order valence-electron chi connectivity index (χ3n) is 4.29. The van der Waals surface area contributed by atoms with Gasteiger partial charge in [0, 0.05) is 20.2 Å². The van der Waals surface area contributed by atoms with Crippen LogP contribution >= 0.6 is 0 Å². The van der Waals surface area contributed by atoms with Crippen molar-refractivity contribution in [1.29, 1.82) is 0 Å². The first kappa shape index (κ1) is 15.1. The lowest BCUT2D eigenvalue weighted by Gasteiger charge is -2.10. The van der Waals surface area contributed by atoms with E-state index < -0.39 is 9.84 Å². The van der Waals surface area contributed by atoms with Crippen molar-refractivity contribution in [3.05, 3.63) is 51.4 Å². The van der Waals surface area contributed by atoms with Gasteiger partial charge in [-0.25, -0.2) is 8.42 Å².